The van der Waals surface area contributed by atoms with E-state index in [9.17, 15) is 14.9 Å². The van der Waals surface area contributed by atoms with Crippen molar-refractivity contribution < 1.29 is 9.72 Å². The van der Waals surface area contributed by atoms with Crippen LogP contribution in [0.5, 0.6) is 0 Å². The highest BCUT2D eigenvalue weighted by atomic mass is 16.6. The number of hydrogen-bond acceptors (Lipinski definition) is 5. The number of nitrogens with one attached hydrogen (secondary N) is 2. The van der Waals surface area contributed by atoms with Gasteiger partial charge in [0.05, 0.1) is 16.2 Å². The molecule has 7 heteroatoms. The summed E-state index contributed by atoms with van der Waals surface area (Å²) in [5, 5.41) is 13.5. The highest BCUT2D eigenvalue weighted by Gasteiger charge is 2.17. The Hall–Kier alpha value is -2.15. The Morgan fingerprint density at radius 1 is 1.40 bits per heavy atom. The summed E-state index contributed by atoms with van der Waals surface area (Å²) in [6, 6.07) is 3.92. The van der Waals surface area contributed by atoms with Gasteiger partial charge in [-0.2, -0.15) is 0 Å². The molecule has 1 amide bonds. The third-order valence-corrected chi connectivity index (χ3v) is 3.34. The van der Waals surface area contributed by atoms with Gasteiger partial charge in [-0.05, 0) is 17.9 Å². The second kappa shape index (κ2) is 6.85. The normalized spacial score (nSPS) is 12.1. The molecular formula is C13H20N4O3. The minimum atomic E-state index is -0.548. The maximum absolute atomic E-state index is 12.1. The van der Waals surface area contributed by atoms with Crippen LogP contribution in [0.3, 0.4) is 0 Å². The number of nitrogen functional groups attached to an aromatic ring is 1. The summed E-state index contributed by atoms with van der Waals surface area (Å²) >= 11 is 0. The summed E-state index contributed by atoms with van der Waals surface area (Å²) in [4.78, 5) is 22.3. The van der Waals surface area contributed by atoms with E-state index < -0.39 is 4.92 Å². The van der Waals surface area contributed by atoms with Crippen LogP contribution < -0.4 is 16.6 Å². The zero-order valence-corrected chi connectivity index (χ0v) is 11.8. The highest BCUT2D eigenvalue weighted by Crippen LogP contribution is 2.21. The molecule has 7 nitrogen and oxygen atoms in total. The van der Waals surface area contributed by atoms with Crippen molar-refractivity contribution in [3.63, 3.8) is 0 Å². The van der Waals surface area contributed by atoms with E-state index in [1.54, 1.807) is 0 Å². The fourth-order valence-electron chi connectivity index (χ4n) is 1.54. The van der Waals surface area contributed by atoms with Crippen molar-refractivity contribution >= 4 is 17.3 Å². The Labute approximate surface area is 117 Å². The lowest BCUT2D eigenvalue weighted by Gasteiger charge is -2.16. The van der Waals surface area contributed by atoms with Crippen LogP contribution in [0.2, 0.25) is 0 Å². The van der Waals surface area contributed by atoms with E-state index in [4.69, 9.17) is 5.84 Å². The van der Waals surface area contributed by atoms with Crippen molar-refractivity contribution in [1.82, 2.24) is 5.32 Å². The molecule has 4 N–H and O–H groups in total. The van der Waals surface area contributed by atoms with Crippen LogP contribution in [0, 0.1) is 22.0 Å². The molecule has 0 saturated heterocycles. The fourth-order valence-corrected chi connectivity index (χ4v) is 1.54. The highest BCUT2D eigenvalue weighted by molar-refractivity contribution is 6.00. The van der Waals surface area contributed by atoms with E-state index in [-0.39, 0.29) is 17.2 Å². The van der Waals surface area contributed by atoms with E-state index in [0.29, 0.717) is 24.1 Å². The third kappa shape index (κ3) is 3.92. The lowest BCUT2D eigenvalue weighted by molar-refractivity contribution is -0.384. The van der Waals surface area contributed by atoms with Crippen LogP contribution >= 0.6 is 0 Å². The Bertz CT molecular complexity index is 502. The van der Waals surface area contributed by atoms with Gasteiger partial charge >= 0.3 is 0 Å². The number of non-ortho nitro benzene ring substituents is 1. The van der Waals surface area contributed by atoms with E-state index >= 15 is 0 Å². The smallest absolute Gasteiger partial charge is 0.270 e. The molecule has 0 aliphatic rings. The summed E-state index contributed by atoms with van der Waals surface area (Å²) < 4.78 is 0. The third-order valence-electron chi connectivity index (χ3n) is 3.34. The topological polar surface area (TPSA) is 110 Å². The van der Waals surface area contributed by atoms with Crippen molar-refractivity contribution in [3.8, 4) is 0 Å². The number of anilines is 1. The molecule has 1 aromatic rings. The van der Waals surface area contributed by atoms with Crippen LogP contribution in [-0.2, 0) is 0 Å². The van der Waals surface area contributed by atoms with Gasteiger partial charge in [-0.15, -0.1) is 0 Å². The summed E-state index contributed by atoms with van der Waals surface area (Å²) in [6.07, 6.45) is 0. The van der Waals surface area contributed by atoms with E-state index in [1.165, 1.54) is 18.2 Å². The first-order valence-electron chi connectivity index (χ1n) is 6.40. The van der Waals surface area contributed by atoms with Crippen LogP contribution in [0.25, 0.3) is 0 Å². The van der Waals surface area contributed by atoms with Crippen molar-refractivity contribution in [3.05, 3.63) is 33.9 Å². The standard InChI is InChI=1S/C13H20N4O3/c1-8(2)9(3)7-15-13(18)11-6-10(17(19)20)4-5-12(11)16-14/h4-6,8-9,16H,7,14H2,1-3H3,(H,15,18). The number of rotatable bonds is 6. The number of hydrogen-bond donors (Lipinski definition) is 3. The maximum Gasteiger partial charge on any atom is 0.270 e. The monoisotopic (exact) mass is 280 g/mol. The number of nitrogens with two attached hydrogens (primary N) is 1. The quantitative estimate of drug-likeness (QED) is 0.419. The molecule has 20 heavy (non-hydrogen) atoms. The summed E-state index contributed by atoms with van der Waals surface area (Å²) in [5.74, 6) is 5.69. The van der Waals surface area contributed by atoms with E-state index in [1.807, 2.05) is 6.92 Å². The molecule has 110 valence electrons. The molecule has 0 radical (unpaired) electrons. The van der Waals surface area contributed by atoms with Gasteiger partial charge in [0.2, 0.25) is 0 Å². The molecule has 0 aliphatic heterocycles. The molecule has 0 spiro atoms. The maximum atomic E-state index is 12.1. The second-order valence-electron chi connectivity index (χ2n) is 5.06. The summed E-state index contributed by atoms with van der Waals surface area (Å²) in [7, 11) is 0. The van der Waals surface area contributed by atoms with Crippen molar-refractivity contribution in [1.29, 1.82) is 0 Å². The van der Waals surface area contributed by atoms with Crippen LogP contribution in [0.15, 0.2) is 18.2 Å². The van der Waals surface area contributed by atoms with Gasteiger partial charge in [0.25, 0.3) is 11.6 Å². The van der Waals surface area contributed by atoms with E-state index in [2.05, 4.69) is 24.6 Å². The molecule has 0 fully saturated rings. The lowest BCUT2D eigenvalue weighted by Crippen LogP contribution is -2.31. The van der Waals surface area contributed by atoms with Crippen molar-refractivity contribution in [2.45, 2.75) is 20.8 Å². The Morgan fingerprint density at radius 2 is 2.05 bits per heavy atom. The zero-order valence-electron chi connectivity index (χ0n) is 11.8. The summed E-state index contributed by atoms with van der Waals surface area (Å²) in [5.41, 5.74) is 2.74. The minimum absolute atomic E-state index is 0.147. The van der Waals surface area contributed by atoms with Crippen molar-refractivity contribution in [2.75, 3.05) is 12.0 Å². The number of carbonyl (C=O) groups is 1. The van der Waals surface area contributed by atoms with Gasteiger partial charge in [0.1, 0.15) is 0 Å². The Morgan fingerprint density at radius 3 is 2.55 bits per heavy atom. The van der Waals surface area contributed by atoms with Crippen LogP contribution in [0.4, 0.5) is 11.4 Å². The molecule has 0 aliphatic carbocycles. The first kappa shape index (κ1) is 15.9. The zero-order chi connectivity index (χ0) is 15.3. The fraction of sp³-hybridized carbons (Fsp3) is 0.462. The van der Waals surface area contributed by atoms with Gasteiger partial charge in [-0.1, -0.05) is 20.8 Å². The average Bonchev–Trinajstić information content (AvgIpc) is 2.43. The molecular weight excluding hydrogens is 260 g/mol. The predicted molar refractivity (Wildman–Crippen MR) is 77.2 cm³/mol. The number of benzene rings is 1. The minimum Gasteiger partial charge on any atom is -0.352 e. The average molecular weight is 280 g/mol. The molecule has 1 unspecified atom stereocenters. The van der Waals surface area contributed by atoms with Crippen molar-refractivity contribution in [2.24, 2.45) is 17.7 Å². The van der Waals surface area contributed by atoms with Gasteiger partial charge in [0, 0.05) is 18.7 Å². The number of amides is 1. The largest absolute Gasteiger partial charge is 0.352 e. The van der Waals surface area contributed by atoms with Crippen LogP contribution in [-0.4, -0.2) is 17.4 Å². The Kier molecular flexibility index (Phi) is 5.45. The number of hydrazine groups is 1. The Balaban J connectivity index is 2.90. The first-order valence-corrected chi connectivity index (χ1v) is 6.40. The summed E-state index contributed by atoms with van der Waals surface area (Å²) in [6.45, 7) is 6.66. The van der Waals surface area contributed by atoms with Gasteiger partial charge < -0.3 is 10.7 Å². The van der Waals surface area contributed by atoms with Gasteiger partial charge in [-0.3, -0.25) is 20.8 Å². The first-order chi connectivity index (χ1) is 9.36. The predicted octanol–water partition coefficient (Wildman–Crippen LogP) is 1.90. The molecule has 0 saturated carbocycles. The number of nitro benzene ring substituents is 1. The van der Waals surface area contributed by atoms with Crippen LogP contribution in [0.1, 0.15) is 31.1 Å². The molecule has 0 heterocycles. The second-order valence-corrected chi connectivity index (χ2v) is 5.06. The van der Waals surface area contributed by atoms with Gasteiger partial charge in [0.15, 0.2) is 0 Å². The van der Waals surface area contributed by atoms with Gasteiger partial charge in [-0.25, -0.2) is 0 Å². The molecule has 1 atom stereocenters. The molecule has 0 aromatic heterocycles. The molecule has 1 rings (SSSR count). The lowest BCUT2D eigenvalue weighted by atomic mass is 9.98. The SMILES string of the molecule is CC(C)C(C)CNC(=O)c1cc([N+](=O)[O-])ccc1NN. The number of nitrogens with zero attached hydrogens (tertiary/aromatic N) is 1. The number of nitro groups is 1. The number of carbonyl (C=O) groups excluding carboxylic acids is 1. The molecule has 0 bridgehead atoms. The molecule has 1 aromatic carbocycles. The van der Waals surface area contributed by atoms with E-state index in [0.717, 1.165) is 0 Å².